The third-order valence-corrected chi connectivity index (χ3v) is 7.70. The Morgan fingerprint density at radius 2 is 1.38 bits per heavy atom. The second-order valence-corrected chi connectivity index (χ2v) is 10.7. The second kappa shape index (κ2) is 13.9. The average Bonchev–Trinajstić information content (AvgIpc) is 3.67. The number of aromatic hydroxyl groups is 1. The molecule has 12 nitrogen and oxygen atoms in total. The number of nitrogens with one attached hydrogen (secondary N) is 2. The molecule has 4 unspecified atom stereocenters. The van der Waals surface area contributed by atoms with Crippen molar-refractivity contribution >= 4 is 29.6 Å². The quantitative estimate of drug-likeness (QED) is 0.250. The van der Waals surface area contributed by atoms with Crippen LogP contribution >= 0.6 is 0 Å². The SMILES string of the molecule is NC(Cc1ccc(O)cc1)C(=O)N1CCCC1C(=O)NC(Cc1ccccc1)C(=O)N1CCCC1C(=O)NCC(=O)O. The first-order valence-electron chi connectivity index (χ1n) is 14.1. The summed E-state index contributed by atoms with van der Waals surface area (Å²) in [6, 6.07) is 12.0. The fourth-order valence-corrected chi connectivity index (χ4v) is 5.59. The highest BCUT2D eigenvalue weighted by molar-refractivity contribution is 5.96. The van der Waals surface area contributed by atoms with Crippen LogP contribution in [-0.2, 0) is 36.8 Å². The topological polar surface area (TPSA) is 182 Å². The fraction of sp³-hybridized carbons (Fsp3) is 0.433. The first-order chi connectivity index (χ1) is 20.1. The molecule has 12 heteroatoms. The minimum absolute atomic E-state index is 0.107. The Morgan fingerprint density at radius 3 is 2.00 bits per heavy atom. The zero-order chi connectivity index (χ0) is 30.2. The first-order valence-corrected chi connectivity index (χ1v) is 14.1. The van der Waals surface area contributed by atoms with Crippen molar-refractivity contribution in [1.82, 2.24) is 20.4 Å². The first kappa shape index (κ1) is 30.5. The Morgan fingerprint density at radius 1 is 0.810 bits per heavy atom. The van der Waals surface area contributed by atoms with Gasteiger partial charge in [0.15, 0.2) is 0 Å². The number of rotatable bonds is 11. The summed E-state index contributed by atoms with van der Waals surface area (Å²) >= 11 is 0. The molecule has 0 spiro atoms. The summed E-state index contributed by atoms with van der Waals surface area (Å²) in [5.74, 6) is -2.93. The molecule has 2 aromatic carbocycles. The Kier molecular flexibility index (Phi) is 10.1. The van der Waals surface area contributed by atoms with Crippen molar-refractivity contribution in [3.63, 3.8) is 0 Å². The highest BCUT2D eigenvalue weighted by atomic mass is 16.4. The van der Waals surface area contributed by atoms with E-state index in [-0.39, 0.29) is 24.5 Å². The number of phenols is 1. The van der Waals surface area contributed by atoms with Crippen LogP contribution in [-0.4, -0.2) is 93.4 Å². The molecule has 0 aliphatic carbocycles. The minimum atomic E-state index is -1.19. The van der Waals surface area contributed by atoms with E-state index in [0.717, 1.165) is 11.1 Å². The van der Waals surface area contributed by atoms with Crippen LogP contribution in [0.3, 0.4) is 0 Å². The molecule has 2 aromatic rings. The normalized spacial score (nSPS) is 19.6. The molecule has 2 heterocycles. The van der Waals surface area contributed by atoms with Gasteiger partial charge in [0.2, 0.25) is 23.6 Å². The summed E-state index contributed by atoms with van der Waals surface area (Å²) in [7, 11) is 0. The average molecular weight is 580 g/mol. The molecule has 2 saturated heterocycles. The highest BCUT2D eigenvalue weighted by Gasteiger charge is 2.41. The maximum absolute atomic E-state index is 13.8. The number of carboxylic acid groups (broad SMARTS) is 1. The van der Waals surface area contributed by atoms with Gasteiger partial charge in [0.1, 0.15) is 30.4 Å². The molecule has 6 N–H and O–H groups in total. The van der Waals surface area contributed by atoms with E-state index in [1.807, 2.05) is 30.3 Å². The number of aliphatic carboxylic acids is 1. The standard InChI is InChI=1S/C30H37N5O7/c31-22(16-20-10-12-21(36)13-11-20)29(41)34-14-5-9-25(34)28(40)33-23(17-19-6-2-1-3-7-19)30(42)35-15-4-8-24(35)27(39)32-18-26(37)38/h1-3,6-7,10-13,22-25,36H,4-5,8-9,14-18,31H2,(H,32,39)(H,33,40)(H,37,38). The van der Waals surface area contributed by atoms with Gasteiger partial charge in [-0.15, -0.1) is 0 Å². The molecule has 0 saturated carbocycles. The third-order valence-electron chi connectivity index (χ3n) is 7.70. The van der Waals surface area contributed by atoms with Crippen molar-refractivity contribution < 1.29 is 34.2 Å². The van der Waals surface area contributed by atoms with E-state index in [4.69, 9.17) is 10.8 Å². The van der Waals surface area contributed by atoms with Gasteiger partial charge in [-0.25, -0.2) is 0 Å². The van der Waals surface area contributed by atoms with E-state index >= 15 is 0 Å². The van der Waals surface area contributed by atoms with Gasteiger partial charge in [0.25, 0.3) is 0 Å². The zero-order valence-electron chi connectivity index (χ0n) is 23.3. The number of nitrogens with zero attached hydrogens (tertiary/aromatic N) is 2. The molecule has 0 bridgehead atoms. The minimum Gasteiger partial charge on any atom is -0.508 e. The number of amides is 4. The maximum atomic E-state index is 13.8. The van der Waals surface area contributed by atoms with Crippen molar-refractivity contribution in [2.45, 2.75) is 62.7 Å². The van der Waals surface area contributed by atoms with Crippen LogP contribution in [0.4, 0.5) is 0 Å². The lowest BCUT2D eigenvalue weighted by molar-refractivity contribution is -0.144. The molecule has 2 fully saturated rings. The van der Waals surface area contributed by atoms with Gasteiger partial charge in [-0.3, -0.25) is 24.0 Å². The van der Waals surface area contributed by atoms with E-state index < -0.39 is 54.4 Å². The molecule has 224 valence electrons. The van der Waals surface area contributed by atoms with E-state index in [1.165, 1.54) is 21.9 Å². The predicted octanol–water partition coefficient (Wildman–Crippen LogP) is 0.172. The molecular weight excluding hydrogens is 542 g/mol. The number of hydrogen-bond acceptors (Lipinski definition) is 7. The monoisotopic (exact) mass is 579 g/mol. The zero-order valence-corrected chi connectivity index (χ0v) is 23.3. The Labute approximate surface area is 243 Å². The van der Waals surface area contributed by atoms with E-state index in [1.54, 1.807) is 12.1 Å². The van der Waals surface area contributed by atoms with Crippen molar-refractivity contribution in [1.29, 1.82) is 0 Å². The van der Waals surface area contributed by atoms with E-state index in [0.29, 0.717) is 38.8 Å². The molecule has 4 rings (SSSR count). The van der Waals surface area contributed by atoms with Crippen LogP contribution in [0.25, 0.3) is 0 Å². The Hall–Kier alpha value is -4.45. The summed E-state index contributed by atoms with van der Waals surface area (Å²) < 4.78 is 0. The van der Waals surface area contributed by atoms with E-state index in [2.05, 4.69) is 10.6 Å². The number of hydrogen-bond donors (Lipinski definition) is 5. The van der Waals surface area contributed by atoms with Crippen molar-refractivity contribution in [2.24, 2.45) is 5.73 Å². The van der Waals surface area contributed by atoms with Gasteiger partial charge in [-0.1, -0.05) is 42.5 Å². The molecular formula is C30H37N5O7. The second-order valence-electron chi connectivity index (χ2n) is 10.7. The van der Waals surface area contributed by atoms with Gasteiger partial charge in [0.05, 0.1) is 6.04 Å². The van der Waals surface area contributed by atoms with Crippen LogP contribution in [0.5, 0.6) is 5.75 Å². The Balaban J connectivity index is 1.47. The smallest absolute Gasteiger partial charge is 0.322 e. The van der Waals surface area contributed by atoms with Crippen molar-refractivity contribution in [3.8, 4) is 5.75 Å². The molecule has 0 aromatic heterocycles. The van der Waals surface area contributed by atoms with Crippen LogP contribution in [0.2, 0.25) is 0 Å². The van der Waals surface area contributed by atoms with Crippen LogP contribution in [0.1, 0.15) is 36.8 Å². The van der Waals surface area contributed by atoms with Crippen LogP contribution in [0, 0.1) is 0 Å². The molecule has 4 atom stereocenters. The van der Waals surface area contributed by atoms with Gasteiger partial charge in [-0.05, 0) is 55.4 Å². The lowest BCUT2D eigenvalue weighted by Gasteiger charge is -2.31. The number of carbonyl (C=O) groups is 5. The van der Waals surface area contributed by atoms with E-state index in [9.17, 15) is 29.1 Å². The van der Waals surface area contributed by atoms with Crippen LogP contribution in [0.15, 0.2) is 54.6 Å². The summed E-state index contributed by atoms with van der Waals surface area (Å²) in [4.78, 5) is 67.2. The number of carboxylic acids is 1. The van der Waals surface area contributed by atoms with Crippen molar-refractivity contribution in [2.75, 3.05) is 19.6 Å². The van der Waals surface area contributed by atoms with Gasteiger partial charge < -0.3 is 36.4 Å². The number of likely N-dealkylation sites (tertiary alicyclic amines) is 2. The summed E-state index contributed by atoms with van der Waals surface area (Å²) in [5.41, 5.74) is 7.81. The number of benzene rings is 2. The maximum Gasteiger partial charge on any atom is 0.322 e. The number of nitrogens with two attached hydrogens (primary N) is 1. The fourth-order valence-electron chi connectivity index (χ4n) is 5.59. The van der Waals surface area contributed by atoms with Gasteiger partial charge >= 0.3 is 5.97 Å². The highest BCUT2D eigenvalue weighted by Crippen LogP contribution is 2.22. The summed E-state index contributed by atoms with van der Waals surface area (Å²) in [6.07, 6.45) is 2.37. The molecule has 2 aliphatic rings. The third kappa shape index (κ3) is 7.64. The number of phenolic OH excluding ortho intramolecular Hbond substituents is 1. The van der Waals surface area contributed by atoms with Crippen molar-refractivity contribution in [3.05, 3.63) is 65.7 Å². The molecule has 2 aliphatic heterocycles. The lowest BCUT2D eigenvalue weighted by atomic mass is 10.0. The summed E-state index contributed by atoms with van der Waals surface area (Å²) in [6.45, 7) is 0.0999. The largest absolute Gasteiger partial charge is 0.508 e. The van der Waals surface area contributed by atoms with Gasteiger partial charge in [0, 0.05) is 19.5 Å². The molecule has 42 heavy (non-hydrogen) atoms. The van der Waals surface area contributed by atoms with Crippen LogP contribution < -0.4 is 16.4 Å². The predicted molar refractivity (Wildman–Crippen MR) is 152 cm³/mol. The lowest BCUT2D eigenvalue weighted by Crippen LogP contribution is -2.58. The Bertz CT molecular complexity index is 1290. The van der Waals surface area contributed by atoms with Gasteiger partial charge in [-0.2, -0.15) is 0 Å². The molecule has 4 amide bonds. The number of carbonyl (C=O) groups excluding carboxylic acids is 4. The molecule has 0 radical (unpaired) electrons. The summed E-state index contributed by atoms with van der Waals surface area (Å²) in [5, 5.41) is 23.6.